The largest absolute Gasteiger partial charge is 0.429 e. The zero-order chi connectivity index (χ0) is 8.81. The summed E-state index contributed by atoms with van der Waals surface area (Å²) in [5.41, 5.74) is 1.09. The van der Waals surface area contributed by atoms with Gasteiger partial charge in [-0.05, 0) is 24.6 Å². The van der Waals surface area contributed by atoms with E-state index in [0.29, 0.717) is 12.2 Å². The molecule has 0 spiro atoms. The summed E-state index contributed by atoms with van der Waals surface area (Å²) in [6.07, 6.45) is 3.93. The van der Waals surface area contributed by atoms with Crippen LogP contribution in [-0.2, 0) is 4.79 Å². The first-order valence-corrected chi connectivity index (χ1v) is 3.70. The van der Waals surface area contributed by atoms with Gasteiger partial charge in [0.05, 0.1) is 0 Å². The number of hydrogen-bond acceptors (Lipinski definition) is 2. The second-order valence-corrected chi connectivity index (χ2v) is 2.28. The van der Waals surface area contributed by atoms with E-state index in [1.165, 1.54) is 0 Å². The van der Waals surface area contributed by atoms with Crippen molar-refractivity contribution < 1.29 is 9.53 Å². The second-order valence-electron chi connectivity index (χ2n) is 2.28. The predicted octanol–water partition coefficient (Wildman–Crippen LogP) is 2.25. The van der Waals surface area contributed by atoms with Crippen LogP contribution in [0.2, 0.25) is 0 Å². The number of benzene rings is 1. The fraction of sp³-hybridized carbons (Fsp3) is 0.100. The van der Waals surface area contributed by atoms with E-state index < -0.39 is 0 Å². The van der Waals surface area contributed by atoms with E-state index in [1.54, 1.807) is 12.1 Å². The molecule has 0 aliphatic heterocycles. The molecule has 0 saturated heterocycles. The monoisotopic (exact) mass is 162 g/mol. The first kappa shape index (κ1) is 8.53. The minimum Gasteiger partial charge on any atom is -0.429 e. The van der Waals surface area contributed by atoms with E-state index in [1.807, 2.05) is 31.2 Å². The van der Waals surface area contributed by atoms with Crippen molar-refractivity contribution in [2.75, 3.05) is 0 Å². The van der Waals surface area contributed by atoms with Crippen molar-refractivity contribution >= 4 is 12.5 Å². The fourth-order valence-corrected chi connectivity index (χ4v) is 0.906. The van der Waals surface area contributed by atoms with Crippen molar-refractivity contribution in [2.24, 2.45) is 0 Å². The first-order chi connectivity index (χ1) is 5.86. The van der Waals surface area contributed by atoms with Crippen LogP contribution in [0.4, 0.5) is 0 Å². The SMILES string of the molecule is C/C=C/c1ccc(OC=O)cc1. The van der Waals surface area contributed by atoms with Crippen molar-refractivity contribution in [1.29, 1.82) is 0 Å². The van der Waals surface area contributed by atoms with Crippen LogP contribution in [0.15, 0.2) is 30.3 Å². The molecule has 1 aromatic rings. The maximum Gasteiger partial charge on any atom is 0.298 e. The highest BCUT2D eigenvalue weighted by Crippen LogP contribution is 2.11. The van der Waals surface area contributed by atoms with Crippen LogP contribution < -0.4 is 4.74 Å². The highest BCUT2D eigenvalue weighted by molar-refractivity contribution is 5.52. The molecule has 62 valence electrons. The smallest absolute Gasteiger partial charge is 0.298 e. The second kappa shape index (κ2) is 4.34. The molecule has 0 atom stereocenters. The first-order valence-electron chi connectivity index (χ1n) is 3.70. The van der Waals surface area contributed by atoms with Gasteiger partial charge in [-0.3, -0.25) is 4.79 Å². The third-order valence-corrected chi connectivity index (χ3v) is 1.42. The molecule has 0 amide bonds. The van der Waals surface area contributed by atoms with Gasteiger partial charge in [0.25, 0.3) is 6.47 Å². The molecule has 0 unspecified atom stereocenters. The molecule has 2 nitrogen and oxygen atoms in total. The summed E-state index contributed by atoms with van der Waals surface area (Å²) in [6.45, 7) is 2.38. The summed E-state index contributed by atoms with van der Waals surface area (Å²) in [5, 5.41) is 0. The number of carbonyl (C=O) groups excluding carboxylic acids is 1. The maximum atomic E-state index is 9.95. The molecule has 2 heteroatoms. The van der Waals surface area contributed by atoms with Crippen molar-refractivity contribution in [3.05, 3.63) is 35.9 Å². The van der Waals surface area contributed by atoms with Crippen LogP contribution in [0.3, 0.4) is 0 Å². The van der Waals surface area contributed by atoms with Gasteiger partial charge in [0.1, 0.15) is 5.75 Å². The molecular weight excluding hydrogens is 152 g/mol. The summed E-state index contributed by atoms with van der Waals surface area (Å²) in [4.78, 5) is 9.95. The van der Waals surface area contributed by atoms with Crippen LogP contribution in [0.1, 0.15) is 12.5 Å². The molecule has 0 aliphatic rings. The average Bonchev–Trinajstić information content (AvgIpc) is 2.09. The lowest BCUT2D eigenvalue weighted by molar-refractivity contribution is -0.120. The number of rotatable bonds is 3. The summed E-state index contributed by atoms with van der Waals surface area (Å²) < 4.78 is 4.63. The van der Waals surface area contributed by atoms with E-state index >= 15 is 0 Å². The molecule has 12 heavy (non-hydrogen) atoms. The molecule has 0 fully saturated rings. The lowest BCUT2D eigenvalue weighted by Gasteiger charge is -1.96. The summed E-state index contributed by atoms with van der Waals surface area (Å²) >= 11 is 0. The Balaban J connectivity index is 2.77. The van der Waals surface area contributed by atoms with Gasteiger partial charge in [0, 0.05) is 0 Å². The molecule has 0 saturated carbocycles. The Morgan fingerprint density at radius 1 is 1.25 bits per heavy atom. The van der Waals surface area contributed by atoms with Crippen LogP contribution >= 0.6 is 0 Å². The zero-order valence-corrected chi connectivity index (χ0v) is 6.86. The van der Waals surface area contributed by atoms with Gasteiger partial charge in [0.2, 0.25) is 0 Å². The standard InChI is InChI=1S/C10H10O2/c1-2-3-9-4-6-10(7-5-9)12-8-11/h2-8H,1H3/b3-2+. The van der Waals surface area contributed by atoms with E-state index in [2.05, 4.69) is 4.74 Å². The van der Waals surface area contributed by atoms with Gasteiger partial charge in [-0.15, -0.1) is 0 Å². The van der Waals surface area contributed by atoms with E-state index in [9.17, 15) is 4.79 Å². The van der Waals surface area contributed by atoms with Crippen LogP contribution in [0.25, 0.3) is 6.08 Å². The molecule has 0 aromatic heterocycles. The molecule has 1 rings (SSSR count). The highest BCUT2D eigenvalue weighted by Gasteiger charge is 1.90. The van der Waals surface area contributed by atoms with E-state index in [0.717, 1.165) is 5.56 Å². The number of carbonyl (C=O) groups is 1. The van der Waals surface area contributed by atoms with Crippen molar-refractivity contribution in [2.45, 2.75) is 6.92 Å². The van der Waals surface area contributed by atoms with Crippen molar-refractivity contribution in [1.82, 2.24) is 0 Å². The predicted molar refractivity (Wildman–Crippen MR) is 47.8 cm³/mol. The van der Waals surface area contributed by atoms with Crippen molar-refractivity contribution in [3.8, 4) is 5.75 Å². The molecule has 0 radical (unpaired) electrons. The molecule has 0 N–H and O–H groups in total. The summed E-state index contributed by atoms with van der Waals surface area (Å²) in [6, 6.07) is 7.28. The Bertz CT molecular complexity index is 272. The number of hydrogen-bond donors (Lipinski definition) is 0. The van der Waals surface area contributed by atoms with E-state index in [4.69, 9.17) is 0 Å². The molecular formula is C10H10O2. The molecule has 0 aliphatic carbocycles. The number of ether oxygens (including phenoxy) is 1. The van der Waals surface area contributed by atoms with E-state index in [-0.39, 0.29) is 0 Å². The highest BCUT2D eigenvalue weighted by atomic mass is 16.5. The van der Waals surface area contributed by atoms with Crippen LogP contribution in [0, 0.1) is 0 Å². The van der Waals surface area contributed by atoms with Gasteiger partial charge in [-0.1, -0.05) is 24.3 Å². The molecule has 0 heterocycles. The third-order valence-electron chi connectivity index (χ3n) is 1.42. The Hall–Kier alpha value is -1.57. The maximum absolute atomic E-state index is 9.95. The number of allylic oxidation sites excluding steroid dienone is 1. The average molecular weight is 162 g/mol. The summed E-state index contributed by atoms with van der Waals surface area (Å²) in [7, 11) is 0. The van der Waals surface area contributed by atoms with Gasteiger partial charge >= 0.3 is 0 Å². The van der Waals surface area contributed by atoms with Gasteiger partial charge in [0.15, 0.2) is 0 Å². The Kier molecular flexibility index (Phi) is 3.08. The van der Waals surface area contributed by atoms with Crippen molar-refractivity contribution in [3.63, 3.8) is 0 Å². The quantitative estimate of drug-likeness (QED) is 0.637. The van der Waals surface area contributed by atoms with Gasteiger partial charge in [-0.2, -0.15) is 0 Å². The van der Waals surface area contributed by atoms with Gasteiger partial charge < -0.3 is 4.74 Å². The topological polar surface area (TPSA) is 26.3 Å². The normalized spacial score (nSPS) is 10.1. The fourth-order valence-electron chi connectivity index (χ4n) is 0.906. The lowest BCUT2D eigenvalue weighted by atomic mass is 10.2. The Morgan fingerprint density at radius 2 is 1.92 bits per heavy atom. The minimum atomic E-state index is 0.421. The minimum absolute atomic E-state index is 0.421. The Morgan fingerprint density at radius 3 is 2.42 bits per heavy atom. The summed E-state index contributed by atoms with van der Waals surface area (Å²) in [5.74, 6) is 0.568. The third kappa shape index (κ3) is 2.23. The van der Waals surface area contributed by atoms with Crippen LogP contribution in [-0.4, -0.2) is 6.47 Å². The van der Waals surface area contributed by atoms with Crippen LogP contribution in [0.5, 0.6) is 5.75 Å². The lowest BCUT2D eigenvalue weighted by Crippen LogP contribution is -1.87. The van der Waals surface area contributed by atoms with Gasteiger partial charge in [-0.25, -0.2) is 0 Å². The Labute approximate surface area is 71.5 Å². The molecule has 0 bridgehead atoms. The zero-order valence-electron chi connectivity index (χ0n) is 6.86. The molecule has 1 aromatic carbocycles.